The highest BCUT2D eigenvalue weighted by Crippen LogP contribution is 2.45. The van der Waals surface area contributed by atoms with Gasteiger partial charge in [0.05, 0.1) is 11.6 Å². The van der Waals surface area contributed by atoms with Gasteiger partial charge >= 0.3 is 5.91 Å². The molecule has 6 rings (SSSR count). The first kappa shape index (κ1) is 26.6. The van der Waals surface area contributed by atoms with Crippen molar-refractivity contribution in [2.45, 2.75) is 42.5 Å². The third-order valence-corrected chi connectivity index (χ3v) is 9.23. The Morgan fingerprint density at radius 1 is 1.12 bits per heavy atom. The number of aliphatic hydroxyl groups excluding tert-OH is 1. The number of aromatic nitrogens is 2. The van der Waals surface area contributed by atoms with Crippen molar-refractivity contribution in [2.75, 3.05) is 4.90 Å². The molecule has 202 valence electrons. The summed E-state index contributed by atoms with van der Waals surface area (Å²) in [5.41, 5.74) is 4.25. The Balaban J connectivity index is 1.38. The van der Waals surface area contributed by atoms with Crippen LogP contribution in [-0.4, -0.2) is 33.1 Å². The highest BCUT2D eigenvalue weighted by atomic mass is 35.5. The number of benzene rings is 3. The average molecular weight is 590 g/mol. The number of ketones is 1. The van der Waals surface area contributed by atoms with E-state index in [-0.39, 0.29) is 22.6 Å². The number of halogens is 1. The number of anilines is 1. The van der Waals surface area contributed by atoms with Crippen LogP contribution in [0.5, 0.6) is 5.75 Å². The lowest BCUT2D eigenvalue weighted by Gasteiger charge is -2.22. The molecule has 1 fully saturated rings. The maximum Gasteiger partial charge on any atom is 0.301 e. The summed E-state index contributed by atoms with van der Waals surface area (Å²) in [5.74, 6) is -0.397. The molecule has 10 heteroatoms. The van der Waals surface area contributed by atoms with Gasteiger partial charge in [-0.05, 0) is 60.9 Å². The lowest BCUT2D eigenvalue weighted by atomic mass is 9.94. The summed E-state index contributed by atoms with van der Waals surface area (Å²) in [6.07, 6.45) is 0.718. The van der Waals surface area contributed by atoms with Crippen LogP contribution in [0.2, 0.25) is 5.02 Å². The van der Waals surface area contributed by atoms with Gasteiger partial charge in [0.25, 0.3) is 5.78 Å². The van der Waals surface area contributed by atoms with Gasteiger partial charge in [0.2, 0.25) is 5.13 Å². The molecule has 1 saturated heterocycles. The predicted molar refractivity (Wildman–Crippen MR) is 157 cm³/mol. The smallest absolute Gasteiger partial charge is 0.301 e. The number of carbonyl (C=O) groups is 2. The Morgan fingerprint density at radius 2 is 1.93 bits per heavy atom. The quantitative estimate of drug-likeness (QED) is 0.0875. The van der Waals surface area contributed by atoms with E-state index >= 15 is 0 Å². The van der Waals surface area contributed by atoms with Crippen molar-refractivity contribution in [1.29, 1.82) is 0 Å². The number of aliphatic hydroxyl groups is 1. The Morgan fingerprint density at radius 3 is 2.70 bits per heavy atom. The number of hydrogen-bond acceptors (Lipinski definition) is 8. The number of Topliss-reactive ketones (excluding diaryl/α,β-unsaturated/α-hetero) is 1. The fourth-order valence-electron chi connectivity index (χ4n) is 4.93. The van der Waals surface area contributed by atoms with E-state index < -0.39 is 17.7 Å². The van der Waals surface area contributed by atoms with Crippen molar-refractivity contribution in [3.63, 3.8) is 0 Å². The summed E-state index contributed by atoms with van der Waals surface area (Å²) in [7, 11) is 0. The standard InChI is InChI=1S/C30H24ClN3O4S2/c1-16-6-8-18(9-7-16)15-39-30-33-32-29(40-30)34-25(19-4-3-5-22(31)14-19)24(27(36)28(34)37)26(35)20-10-11-23-21(13-20)12-17(2)38-23/h3-11,13-14,17,25,35H,12,15H2,1-2H3/t17-,25+/m0/s1. The van der Waals surface area contributed by atoms with Gasteiger partial charge in [0, 0.05) is 22.8 Å². The molecule has 40 heavy (non-hydrogen) atoms. The van der Waals surface area contributed by atoms with Crippen molar-refractivity contribution < 1.29 is 19.4 Å². The summed E-state index contributed by atoms with van der Waals surface area (Å²) < 4.78 is 6.44. The van der Waals surface area contributed by atoms with Crippen LogP contribution in [0.3, 0.4) is 0 Å². The molecule has 1 N–H and O–H groups in total. The van der Waals surface area contributed by atoms with Crippen LogP contribution in [0.25, 0.3) is 5.76 Å². The third-order valence-electron chi connectivity index (χ3n) is 6.86. The van der Waals surface area contributed by atoms with Crippen LogP contribution in [0, 0.1) is 6.92 Å². The zero-order valence-corrected chi connectivity index (χ0v) is 24.0. The molecule has 7 nitrogen and oxygen atoms in total. The zero-order chi connectivity index (χ0) is 28.0. The topological polar surface area (TPSA) is 92.6 Å². The molecule has 0 spiro atoms. The molecule has 2 atom stereocenters. The summed E-state index contributed by atoms with van der Waals surface area (Å²) in [6, 6.07) is 19.5. The highest BCUT2D eigenvalue weighted by Gasteiger charge is 2.48. The Bertz CT molecular complexity index is 1670. The van der Waals surface area contributed by atoms with Crippen molar-refractivity contribution in [2.24, 2.45) is 0 Å². The van der Waals surface area contributed by atoms with Crippen LogP contribution in [0.15, 0.2) is 76.6 Å². The number of nitrogens with zero attached hydrogens (tertiary/aromatic N) is 3. The number of ether oxygens (including phenoxy) is 1. The number of thioether (sulfide) groups is 1. The van der Waals surface area contributed by atoms with Gasteiger partial charge in [-0.2, -0.15) is 0 Å². The first-order valence-corrected chi connectivity index (χ1v) is 14.8. The van der Waals surface area contributed by atoms with E-state index in [1.165, 1.54) is 33.6 Å². The Hall–Kier alpha value is -3.66. The number of fused-ring (bicyclic) bond motifs is 1. The van der Waals surface area contributed by atoms with E-state index in [4.69, 9.17) is 16.3 Å². The van der Waals surface area contributed by atoms with Gasteiger partial charge in [-0.1, -0.05) is 76.7 Å². The molecule has 0 radical (unpaired) electrons. The number of amides is 1. The molecular formula is C30H24ClN3O4S2. The minimum Gasteiger partial charge on any atom is -0.507 e. The summed E-state index contributed by atoms with van der Waals surface area (Å²) in [5, 5.41) is 20.7. The van der Waals surface area contributed by atoms with Crippen LogP contribution in [0.1, 0.15) is 40.8 Å². The van der Waals surface area contributed by atoms with Gasteiger partial charge in [-0.25, -0.2) is 0 Å². The molecule has 3 aromatic carbocycles. The largest absolute Gasteiger partial charge is 0.507 e. The van der Waals surface area contributed by atoms with Crippen molar-refractivity contribution >= 4 is 57.3 Å². The predicted octanol–water partition coefficient (Wildman–Crippen LogP) is 6.74. The fourth-order valence-corrected chi connectivity index (χ4v) is 6.96. The zero-order valence-electron chi connectivity index (χ0n) is 21.6. The number of aryl methyl sites for hydroxylation is 1. The number of carbonyl (C=O) groups excluding carboxylic acids is 2. The van der Waals surface area contributed by atoms with E-state index in [0.717, 1.165) is 16.9 Å². The van der Waals surface area contributed by atoms with E-state index in [9.17, 15) is 14.7 Å². The summed E-state index contributed by atoms with van der Waals surface area (Å²) in [4.78, 5) is 28.3. The fraction of sp³-hybridized carbons (Fsp3) is 0.200. The van der Waals surface area contributed by atoms with Crippen LogP contribution in [-0.2, 0) is 21.8 Å². The van der Waals surface area contributed by atoms with Gasteiger partial charge in [0.15, 0.2) is 4.34 Å². The molecule has 0 aliphatic carbocycles. The van der Waals surface area contributed by atoms with E-state index in [1.54, 1.807) is 42.5 Å². The normalized spacial score (nSPS) is 19.6. The van der Waals surface area contributed by atoms with Crippen molar-refractivity contribution in [1.82, 2.24) is 10.2 Å². The molecular weight excluding hydrogens is 566 g/mol. The SMILES string of the molecule is Cc1ccc(CSc2nnc(N3C(=O)C(=O)C(=C(O)c4ccc5c(c4)C[C@H](C)O5)[C@H]3c3cccc(Cl)c3)s2)cc1. The molecule has 3 heterocycles. The van der Waals surface area contributed by atoms with Crippen LogP contribution in [0.4, 0.5) is 5.13 Å². The van der Waals surface area contributed by atoms with Gasteiger partial charge in [-0.3, -0.25) is 14.5 Å². The van der Waals surface area contributed by atoms with E-state index in [0.29, 0.717) is 32.7 Å². The number of rotatable bonds is 6. The van der Waals surface area contributed by atoms with Crippen molar-refractivity contribution in [3.05, 3.63) is 105 Å². The number of hydrogen-bond donors (Lipinski definition) is 1. The molecule has 4 aromatic rings. The monoisotopic (exact) mass is 589 g/mol. The van der Waals surface area contributed by atoms with Crippen molar-refractivity contribution in [3.8, 4) is 5.75 Å². The molecule has 0 saturated carbocycles. The minimum absolute atomic E-state index is 0.0248. The maximum absolute atomic E-state index is 13.5. The maximum atomic E-state index is 13.5. The third kappa shape index (κ3) is 5.00. The second-order valence-corrected chi connectivity index (χ2v) is 12.4. The van der Waals surface area contributed by atoms with Crippen LogP contribution >= 0.6 is 34.7 Å². The molecule has 1 amide bonds. The van der Waals surface area contributed by atoms with E-state index in [2.05, 4.69) is 34.5 Å². The Kier molecular flexibility index (Phi) is 7.12. The molecule has 2 aliphatic heterocycles. The average Bonchev–Trinajstić information content (AvgIpc) is 3.63. The first-order chi connectivity index (χ1) is 19.3. The lowest BCUT2D eigenvalue weighted by molar-refractivity contribution is -0.132. The highest BCUT2D eigenvalue weighted by molar-refractivity contribution is 8.00. The molecule has 1 aromatic heterocycles. The molecule has 2 aliphatic rings. The van der Waals surface area contributed by atoms with Gasteiger partial charge < -0.3 is 9.84 Å². The second kappa shape index (κ2) is 10.7. The minimum atomic E-state index is -0.926. The van der Waals surface area contributed by atoms with Gasteiger partial charge in [-0.15, -0.1) is 10.2 Å². The molecule has 0 unspecified atom stereocenters. The lowest BCUT2D eigenvalue weighted by Crippen LogP contribution is -2.29. The van der Waals surface area contributed by atoms with Crippen LogP contribution < -0.4 is 9.64 Å². The Labute approximate surface area is 244 Å². The second-order valence-electron chi connectivity index (χ2n) is 9.80. The molecule has 0 bridgehead atoms. The summed E-state index contributed by atoms with van der Waals surface area (Å²) >= 11 is 9.05. The van der Waals surface area contributed by atoms with Gasteiger partial charge in [0.1, 0.15) is 17.6 Å². The first-order valence-electron chi connectivity index (χ1n) is 12.7. The summed E-state index contributed by atoms with van der Waals surface area (Å²) in [6.45, 7) is 4.01. The van der Waals surface area contributed by atoms with E-state index in [1.807, 2.05) is 13.8 Å².